The highest BCUT2D eigenvalue weighted by Gasteiger charge is 2.36. The Balaban J connectivity index is 2.38. The third-order valence-corrected chi connectivity index (χ3v) is 8.60. The third kappa shape index (κ3) is 5.21. The Morgan fingerprint density at radius 1 is 1.14 bits per heavy atom. The quantitative estimate of drug-likeness (QED) is 0.613. The van der Waals surface area contributed by atoms with Gasteiger partial charge in [-0.3, -0.25) is 0 Å². The van der Waals surface area contributed by atoms with E-state index in [0.29, 0.717) is 19.0 Å². The lowest BCUT2D eigenvalue weighted by atomic mass is 10.2. The number of hydrogen-bond donors (Lipinski definition) is 1. The maximum absolute atomic E-state index is 9.59. The van der Waals surface area contributed by atoms with Gasteiger partial charge < -0.3 is 14.3 Å². The zero-order valence-corrected chi connectivity index (χ0v) is 15.1. The molecule has 3 nitrogen and oxygen atoms in total. The first-order valence-electron chi connectivity index (χ1n) is 7.35. The Morgan fingerprint density at radius 3 is 2.38 bits per heavy atom. The minimum atomic E-state index is -1.67. The molecule has 1 rings (SSSR count). The lowest BCUT2D eigenvalue weighted by Crippen LogP contribution is -2.40. The van der Waals surface area contributed by atoms with E-state index in [0.717, 1.165) is 5.56 Å². The highest BCUT2D eigenvalue weighted by molar-refractivity contribution is 6.74. The van der Waals surface area contributed by atoms with Crippen molar-refractivity contribution in [2.45, 2.75) is 45.8 Å². The highest BCUT2D eigenvalue weighted by Crippen LogP contribution is 2.36. The number of hydrogen-bond acceptors (Lipinski definition) is 3. The standard InChI is InChI=1S/C17H28O3Si/c1-14-15(18)10-9-11-16(14)19-12-7-8-13-20-21(5,6)17(2,3)4/h7-11,18H,12-13H2,1-6H3/b8-7-. The zero-order valence-electron chi connectivity index (χ0n) is 14.1. The molecule has 0 atom stereocenters. The predicted molar refractivity (Wildman–Crippen MR) is 90.6 cm³/mol. The van der Waals surface area contributed by atoms with E-state index in [-0.39, 0.29) is 10.8 Å². The largest absolute Gasteiger partial charge is 0.508 e. The first kappa shape index (κ1) is 17.8. The molecule has 118 valence electrons. The molecular formula is C17H28O3Si. The lowest BCUT2D eigenvalue weighted by Gasteiger charge is -2.35. The van der Waals surface area contributed by atoms with Gasteiger partial charge in [-0.2, -0.15) is 0 Å². The molecule has 0 heterocycles. The maximum atomic E-state index is 9.59. The van der Waals surface area contributed by atoms with Gasteiger partial charge in [0.25, 0.3) is 0 Å². The summed E-state index contributed by atoms with van der Waals surface area (Å²) in [5, 5.41) is 9.83. The second-order valence-electron chi connectivity index (χ2n) is 6.75. The van der Waals surface area contributed by atoms with Gasteiger partial charge in [-0.25, -0.2) is 0 Å². The van der Waals surface area contributed by atoms with Crippen molar-refractivity contribution in [1.82, 2.24) is 0 Å². The summed E-state index contributed by atoms with van der Waals surface area (Å²) in [4.78, 5) is 0. The SMILES string of the molecule is Cc1c(O)cccc1OC/C=C\CO[Si](C)(C)C(C)(C)C. The van der Waals surface area contributed by atoms with Crippen molar-refractivity contribution in [3.05, 3.63) is 35.9 Å². The fourth-order valence-corrected chi connectivity index (χ4v) is 2.45. The Kier molecular flexibility index (Phi) is 6.05. The van der Waals surface area contributed by atoms with Gasteiger partial charge in [-0.05, 0) is 43.3 Å². The van der Waals surface area contributed by atoms with Crippen molar-refractivity contribution in [1.29, 1.82) is 0 Å². The van der Waals surface area contributed by atoms with Gasteiger partial charge in [0, 0.05) is 5.56 Å². The average Bonchev–Trinajstić information content (AvgIpc) is 2.37. The molecule has 0 saturated heterocycles. The summed E-state index contributed by atoms with van der Waals surface area (Å²) in [5.41, 5.74) is 0.767. The van der Waals surface area contributed by atoms with Crippen molar-refractivity contribution in [2.24, 2.45) is 0 Å². The van der Waals surface area contributed by atoms with Crippen LogP contribution in [0.3, 0.4) is 0 Å². The summed E-state index contributed by atoms with van der Waals surface area (Å²) in [7, 11) is -1.67. The highest BCUT2D eigenvalue weighted by atomic mass is 28.4. The van der Waals surface area contributed by atoms with Crippen LogP contribution in [-0.2, 0) is 4.43 Å². The Hall–Kier alpha value is -1.26. The smallest absolute Gasteiger partial charge is 0.192 e. The normalized spacial score (nSPS) is 12.9. The first-order valence-corrected chi connectivity index (χ1v) is 10.3. The molecule has 0 bridgehead atoms. The molecule has 0 aliphatic rings. The van der Waals surface area contributed by atoms with Crippen molar-refractivity contribution in [3.63, 3.8) is 0 Å². The summed E-state index contributed by atoms with van der Waals surface area (Å²) in [5.74, 6) is 0.975. The Morgan fingerprint density at radius 2 is 1.76 bits per heavy atom. The van der Waals surface area contributed by atoms with Crippen LogP contribution in [0.25, 0.3) is 0 Å². The summed E-state index contributed by atoms with van der Waals surface area (Å²) < 4.78 is 11.7. The summed E-state index contributed by atoms with van der Waals surface area (Å²) in [6.45, 7) is 14.1. The van der Waals surface area contributed by atoms with E-state index >= 15 is 0 Å². The van der Waals surface area contributed by atoms with Crippen molar-refractivity contribution >= 4 is 8.32 Å². The summed E-state index contributed by atoms with van der Waals surface area (Å²) >= 11 is 0. The average molecular weight is 308 g/mol. The minimum Gasteiger partial charge on any atom is -0.508 e. The number of aromatic hydroxyl groups is 1. The molecule has 4 heteroatoms. The number of phenolic OH excluding ortho intramolecular Hbond substituents is 1. The second-order valence-corrected chi connectivity index (χ2v) is 11.6. The van der Waals surface area contributed by atoms with Crippen LogP contribution in [0.1, 0.15) is 26.3 Å². The minimum absolute atomic E-state index is 0.232. The summed E-state index contributed by atoms with van der Waals surface area (Å²) in [6, 6.07) is 5.29. The molecule has 0 aromatic heterocycles. The molecule has 0 spiro atoms. The van der Waals surface area contributed by atoms with E-state index in [9.17, 15) is 5.11 Å². The molecule has 21 heavy (non-hydrogen) atoms. The number of ether oxygens (including phenoxy) is 1. The van der Waals surface area contributed by atoms with Crippen LogP contribution in [0.5, 0.6) is 11.5 Å². The Bertz CT molecular complexity index is 487. The fourth-order valence-electron chi connectivity index (χ4n) is 1.51. The zero-order chi connectivity index (χ0) is 16.1. The second kappa shape index (κ2) is 7.14. The molecule has 0 radical (unpaired) electrons. The van der Waals surface area contributed by atoms with E-state index in [1.165, 1.54) is 0 Å². The van der Waals surface area contributed by atoms with Crippen LogP contribution >= 0.6 is 0 Å². The van der Waals surface area contributed by atoms with Gasteiger partial charge in [0.2, 0.25) is 0 Å². The third-order valence-electron chi connectivity index (χ3n) is 4.10. The molecule has 0 saturated carbocycles. The molecule has 0 aliphatic heterocycles. The van der Waals surface area contributed by atoms with Crippen LogP contribution in [0.4, 0.5) is 0 Å². The number of rotatable bonds is 6. The topological polar surface area (TPSA) is 38.7 Å². The molecule has 0 aliphatic carbocycles. The van der Waals surface area contributed by atoms with E-state index in [1.54, 1.807) is 12.1 Å². The van der Waals surface area contributed by atoms with Gasteiger partial charge in [-0.15, -0.1) is 0 Å². The van der Waals surface area contributed by atoms with E-state index < -0.39 is 8.32 Å². The fraction of sp³-hybridized carbons (Fsp3) is 0.529. The van der Waals surface area contributed by atoms with Crippen LogP contribution in [0.15, 0.2) is 30.4 Å². The number of phenols is 1. The van der Waals surface area contributed by atoms with Crippen molar-refractivity contribution < 1.29 is 14.3 Å². The molecule has 0 amide bonds. The van der Waals surface area contributed by atoms with Crippen LogP contribution in [-0.4, -0.2) is 26.6 Å². The van der Waals surface area contributed by atoms with Crippen molar-refractivity contribution in [2.75, 3.05) is 13.2 Å². The Labute approximate surface area is 129 Å². The summed E-state index contributed by atoms with van der Waals surface area (Å²) in [6.07, 6.45) is 3.95. The first-order chi connectivity index (χ1) is 9.65. The molecule has 0 unspecified atom stereocenters. The van der Waals surface area contributed by atoms with Gasteiger partial charge >= 0.3 is 0 Å². The van der Waals surface area contributed by atoms with Crippen molar-refractivity contribution in [3.8, 4) is 11.5 Å². The monoisotopic (exact) mass is 308 g/mol. The van der Waals surface area contributed by atoms with Crippen LogP contribution < -0.4 is 4.74 Å². The molecule has 1 N–H and O–H groups in total. The van der Waals surface area contributed by atoms with E-state index in [4.69, 9.17) is 9.16 Å². The molecule has 0 fully saturated rings. The van der Waals surface area contributed by atoms with Gasteiger partial charge in [0.05, 0.1) is 6.61 Å². The molecule has 1 aromatic carbocycles. The van der Waals surface area contributed by atoms with Gasteiger partial charge in [0.15, 0.2) is 8.32 Å². The van der Waals surface area contributed by atoms with Crippen LogP contribution in [0, 0.1) is 6.92 Å². The molecule has 1 aromatic rings. The molecular weight excluding hydrogens is 280 g/mol. The van der Waals surface area contributed by atoms with Gasteiger partial charge in [0.1, 0.15) is 18.1 Å². The van der Waals surface area contributed by atoms with Gasteiger partial charge in [-0.1, -0.05) is 32.9 Å². The predicted octanol–water partition coefficient (Wildman–Crippen LogP) is 4.66. The number of benzene rings is 1. The van der Waals surface area contributed by atoms with E-state index in [2.05, 4.69) is 33.9 Å². The lowest BCUT2D eigenvalue weighted by molar-refractivity contribution is 0.324. The maximum Gasteiger partial charge on any atom is 0.192 e. The van der Waals surface area contributed by atoms with E-state index in [1.807, 2.05) is 25.1 Å². The van der Waals surface area contributed by atoms with Crippen LogP contribution in [0.2, 0.25) is 18.1 Å².